The number of allylic oxidation sites excluding steroid dienone is 4. The number of thioether (sulfide) groups is 1. The highest BCUT2D eigenvalue weighted by molar-refractivity contribution is 7.97. The maximum atomic E-state index is 9.86. The van der Waals surface area contributed by atoms with Crippen molar-refractivity contribution in [3.8, 4) is 0 Å². The number of hydrogen-bond donors (Lipinski definition) is 1. The van der Waals surface area contributed by atoms with Crippen LogP contribution in [0.25, 0.3) is 0 Å². The van der Waals surface area contributed by atoms with Crippen LogP contribution >= 0.6 is 11.8 Å². The van der Waals surface area contributed by atoms with E-state index in [1.54, 1.807) is 17.3 Å². The molecule has 4 atom stereocenters. The summed E-state index contributed by atoms with van der Waals surface area (Å²) in [7, 11) is 0. The SMILES string of the molecule is C=C.C=C1CCC(O)C/C1=C\C=C1/CCCC2(C)C(C)CCC12.CC.CC(C)C.CSC. The van der Waals surface area contributed by atoms with Crippen LogP contribution in [0.3, 0.4) is 0 Å². The van der Waals surface area contributed by atoms with E-state index in [2.05, 4.69) is 66.5 Å². The maximum absolute atomic E-state index is 9.86. The molecule has 0 saturated heterocycles. The molecule has 0 aromatic rings. The summed E-state index contributed by atoms with van der Waals surface area (Å²) in [6.45, 7) is 25.6. The Morgan fingerprint density at radius 2 is 1.56 bits per heavy atom. The Morgan fingerprint density at radius 1 is 1.03 bits per heavy atom. The molecule has 1 nitrogen and oxygen atoms in total. The third-order valence-electron chi connectivity index (χ3n) is 6.63. The summed E-state index contributed by atoms with van der Waals surface area (Å²) in [5.74, 6) is 2.49. The van der Waals surface area contributed by atoms with Crippen LogP contribution in [-0.4, -0.2) is 23.7 Å². The minimum absolute atomic E-state index is 0.164. The van der Waals surface area contributed by atoms with Crippen LogP contribution in [0.15, 0.2) is 48.6 Å². The van der Waals surface area contributed by atoms with Gasteiger partial charge in [-0.1, -0.05) is 78.3 Å². The first-order chi connectivity index (χ1) is 15.2. The first-order valence-corrected chi connectivity index (χ1v) is 14.4. The van der Waals surface area contributed by atoms with Crippen molar-refractivity contribution < 1.29 is 5.11 Å². The van der Waals surface area contributed by atoms with Crippen molar-refractivity contribution in [1.29, 1.82) is 0 Å². The molecular formula is C30H56OS. The molecule has 32 heavy (non-hydrogen) atoms. The number of aliphatic hydroxyl groups excluding tert-OH is 1. The standard InChI is InChI=1S/C20H30O.C4H10.C2H6S.C2H6.C2H4/c1-14-6-10-18(21)13-17(14)9-8-16-5-4-12-20(3)15(2)7-11-19(16)20;1-4(2)3;1-3-2;2*1-2/h8-9,15,18-19,21H,1,4-7,10-13H2,2-3H3;4H,1-3H3;1-2H3;1-2H3;1-2H2/b16-8+,17-9+;;;;. The lowest BCUT2D eigenvalue weighted by Gasteiger charge is -2.41. The molecule has 4 unspecified atom stereocenters. The summed E-state index contributed by atoms with van der Waals surface area (Å²) in [4.78, 5) is 0. The van der Waals surface area contributed by atoms with Crippen molar-refractivity contribution in [3.05, 3.63) is 48.6 Å². The molecule has 0 spiro atoms. The molecular weight excluding hydrogens is 408 g/mol. The fourth-order valence-corrected chi connectivity index (χ4v) is 4.89. The average molecular weight is 465 g/mol. The number of hydrogen-bond acceptors (Lipinski definition) is 2. The van der Waals surface area contributed by atoms with Crippen LogP contribution in [0.4, 0.5) is 0 Å². The number of rotatable bonds is 1. The van der Waals surface area contributed by atoms with E-state index in [1.165, 1.54) is 43.3 Å². The van der Waals surface area contributed by atoms with E-state index >= 15 is 0 Å². The van der Waals surface area contributed by atoms with E-state index in [4.69, 9.17) is 0 Å². The second-order valence-electron chi connectivity index (χ2n) is 9.96. The van der Waals surface area contributed by atoms with Crippen LogP contribution in [0, 0.1) is 23.2 Å². The van der Waals surface area contributed by atoms with Gasteiger partial charge in [0.05, 0.1) is 6.10 Å². The van der Waals surface area contributed by atoms with Gasteiger partial charge in [-0.2, -0.15) is 11.8 Å². The van der Waals surface area contributed by atoms with Crippen molar-refractivity contribution in [2.45, 2.75) is 106 Å². The monoisotopic (exact) mass is 464 g/mol. The summed E-state index contributed by atoms with van der Waals surface area (Å²) < 4.78 is 0. The smallest absolute Gasteiger partial charge is 0.0583 e. The largest absolute Gasteiger partial charge is 0.393 e. The van der Waals surface area contributed by atoms with Gasteiger partial charge in [0.1, 0.15) is 0 Å². The summed E-state index contributed by atoms with van der Waals surface area (Å²) in [6, 6.07) is 0. The van der Waals surface area contributed by atoms with E-state index in [1.807, 2.05) is 26.4 Å². The zero-order valence-electron chi connectivity index (χ0n) is 23.1. The van der Waals surface area contributed by atoms with E-state index in [-0.39, 0.29) is 6.10 Å². The van der Waals surface area contributed by atoms with Gasteiger partial charge >= 0.3 is 0 Å². The molecule has 2 heteroatoms. The molecule has 0 aromatic heterocycles. The third kappa shape index (κ3) is 11.4. The predicted molar refractivity (Wildman–Crippen MR) is 152 cm³/mol. The van der Waals surface area contributed by atoms with Gasteiger partial charge in [0.25, 0.3) is 0 Å². The van der Waals surface area contributed by atoms with Gasteiger partial charge in [0.15, 0.2) is 0 Å². The fraction of sp³-hybridized carbons (Fsp3) is 0.733. The van der Waals surface area contributed by atoms with Crippen molar-refractivity contribution >= 4 is 11.8 Å². The molecule has 0 aliphatic heterocycles. The quantitative estimate of drug-likeness (QED) is 0.390. The molecule has 188 valence electrons. The molecule has 0 aromatic carbocycles. The van der Waals surface area contributed by atoms with Crippen LogP contribution in [0.5, 0.6) is 0 Å². The van der Waals surface area contributed by atoms with Crippen molar-refractivity contribution in [2.24, 2.45) is 23.2 Å². The second-order valence-corrected chi connectivity index (χ2v) is 10.8. The van der Waals surface area contributed by atoms with E-state index < -0.39 is 0 Å². The Bertz CT molecular complexity index is 556. The Kier molecular flexibility index (Phi) is 19.5. The molecule has 0 bridgehead atoms. The molecule has 3 saturated carbocycles. The Hall–Kier alpha value is -0.730. The summed E-state index contributed by atoms with van der Waals surface area (Å²) in [5.41, 5.74) is 4.70. The van der Waals surface area contributed by atoms with Gasteiger partial charge in [0.2, 0.25) is 0 Å². The predicted octanol–water partition coefficient (Wildman–Crippen LogP) is 9.65. The second kappa shape index (κ2) is 18.7. The number of aliphatic hydroxyl groups is 1. The lowest BCUT2D eigenvalue weighted by molar-refractivity contribution is 0.147. The van der Waals surface area contributed by atoms with Crippen LogP contribution in [-0.2, 0) is 0 Å². The van der Waals surface area contributed by atoms with Gasteiger partial charge < -0.3 is 5.11 Å². The Morgan fingerprint density at radius 3 is 2.09 bits per heavy atom. The maximum Gasteiger partial charge on any atom is 0.0583 e. The fourth-order valence-electron chi connectivity index (χ4n) is 4.89. The Balaban J connectivity index is 0. The molecule has 3 rings (SSSR count). The first kappa shape index (κ1) is 33.4. The highest BCUT2D eigenvalue weighted by Gasteiger charge is 2.46. The van der Waals surface area contributed by atoms with Gasteiger partial charge in [-0.15, -0.1) is 13.2 Å². The number of fused-ring (bicyclic) bond motifs is 1. The molecule has 3 aliphatic rings. The lowest BCUT2D eigenvalue weighted by atomic mass is 9.64. The Labute approximate surface area is 206 Å². The molecule has 3 fully saturated rings. The minimum Gasteiger partial charge on any atom is -0.393 e. The zero-order chi connectivity index (χ0) is 25.3. The highest BCUT2D eigenvalue weighted by Crippen LogP contribution is 2.57. The summed E-state index contributed by atoms with van der Waals surface area (Å²) >= 11 is 1.75. The van der Waals surface area contributed by atoms with Gasteiger partial charge in [-0.25, -0.2) is 0 Å². The molecule has 0 amide bonds. The van der Waals surface area contributed by atoms with Crippen molar-refractivity contribution in [3.63, 3.8) is 0 Å². The van der Waals surface area contributed by atoms with Crippen LogP contribution in [0.2, 0.25) is 0 Å². The highest BCUT2D eigenvalue weighted by atomic mass is 32.2. The minimum atomic E-state index is -0.164. The van der Waals surface area contributed by atoms with Crippen molar-refractivity contribution in [1.82, 2.24) is 0 Å². The van der Waals surface area contributed by atoms with Crippen molar-refractivity contribution in [2.75, 3.05) is 12.5 Å². The molecule has 3 aliphatic carbocycles. The zero-order valence-corrected chi connectivity index (χ0v) is 23.9. The van der Waals surface area contributed by atoms with E-state index in [0.717, 1.165) is 37.0 Å². The van der Waals surface area contributed by atoms with E-state index in [9.17, 15) is 5.11 Å². The van der Waals surface area contributed by atoms with Crippen LogP contribution < -0.4 is 0 Å². The van der Waals surface area contributed by atoms with Crippen LogP contribution in [0.1, 0.15) is 99.8 Å². The normalized spacial score (nSPS) is 31.1. The van der Waals surface area contributed by atoms with E-state index in [0.29, 0.717) is 5.41 Å². The third-order valence-corrected chi connectivity index (χ3v) is 6.63. The molecule has 0 heterocycles. The topological polar surface area (TPSA) is 20.2 Å². The van der Waals surface area contributed by atoms with Gasteiger partial charge in [-0.3, -0.25) is 0 Å². The molecule has 0 radical (unpaired) electrons. The first-order valence-electron chi connectivity index (χ1n) is 12.8. The molecule has 1 N–H and O–H groups in total. The lowest BCUT2D eigenvalue weighted by Crippen LogP contribution is -2.31. The average Bonchev–Trinajstić information content (AvgIpc) is 3.07. The summed E-state index contributed by atoms with van der Waals surface area (Å²) in [5, 5.41) is 9.86. The van der Waals surface area contributed by atoms with Gasteiger partial charge in [-0.05, 0) is 92.6 Å². The summed E-state index contributed by atoms with van der Waals surface area (Å²) in [6.07, 6.45) is 18.0. The van der Waals surface area contributed by atoms with Gasteiger partial charge in [0, 0.05) is 0 Å².